The number of aromatic amines is 1. The summed E-state index contributed by atoms with van der Waals surface area (Å²) in [6, 6.07) is 8.55. The van der Waals surface area contributed by atoms with Gasteiger partial charge >= 0.3 is 5.69 Å². The van der Waals surface area contributed by atoms with Gasteiger partial charge in [0.1, 0.15) is 17.9 Å². The molecule has 4 N–H and O–H groups in total. The van der Waals surface area contributed by atoms with E-state index in [4.69, 9.17) is 9.84 Å². The highest BCUT2D eigenvalue weighted by Gasteiger charge is 2.35. The summed E-state index contributed by atoms with van der Waals surface area (Å²) in [7, 11) is 0. The number of aliphatic hydroxyl groups excluding tert-OH is 2. The van der Waals surface area contributed by atoms with Crippen molar-refractivity contribution in [3.8, 4) is 0 Å². The lowest BCUT2D eigenvalue weighted by Gasteiger charge is -2.15. The van der Waals surface area contributed by atoms with Gasteiger partial charge in [-0.25, -0.2) is 4.79 Å². The second kappa shape index (κ2) is 7.01. The van der Waals surface area contributed by atoms with Crippen LogP contribution in [-0.4, -0.2) is 44.5 Å². The second-order valence-corrected chi connectivity index (χ2v) is 5.64. The van der Waals surface area contributed by atoms with Crippen LogP contribution in [0.2, 0.25) is 0 Å². The summed E-state index contributed by atoms with van der Waals surface area (Å²) in [5.74, 6) is -0.682. The number of aromatic nitrogens is 2. The maximum atomic E-state index is 12.3. The summed E-state index contributed by atoms with van der Waals surface area (Å²) in [5.41, 5.74) is -1.37. The number of anilines is 1. The van der Waals surface area contributed by atoms with Crippen LogP contribution in [0.3, 0.4) is 0 Å². The van der Waals surface area contributed by atoms with Crippen molar-refractivity contribution in [1.29, 1.82) is 0 Å². The molecular weight excluding hydrogens is 330 g/mol. The maximum Gasteiger partial charge on any atom is 0.330 e. The third kappa shape index (κ3) is 3.53. The van der Waals surface area contributed by atoms with Crippen molar-refractivity contribution in [3.05, 3.63) is 62.9 Å². The van der Waals surface area contributed by atoms with Crippen molar-refractivity contribution in [1.82, 2.24) is 9.55 Å². The molecule has 2 heterocycles. The Balaban J connectivity index is 1.90. The first-order valence-corrected chi connectivity index (χ1v) is 7.66. The minimum Gasteiger partial charge on any atom is -0.394 e. The summed E-state index contributed by atoms with van der Waals surface area (Å²) in [5, 5.41) is 21.5. The van der Waals surface area contributed by atoms with Crippen molar-refractivity contribution < 1.29 is 19.7 Å². The van der Waals surface area contributed by atoms with E-state index in [1.807, 2.05) is 0 Å². The molecule has 3 atom stereocenters. The molecule has 9 heteroatoms. The van der Waals surface area contributed by atoms with Crippen LogP contribution in [0.4, 0.5) is 5.69 Å². The van der Waals surface area contributed by atoms with Gasteiger partial charge in [-0.2, -0.15) is 0 Å². The van der Waals surface area contributed by atoms with E-state index in [-0.39, 0.29) is 12.0 Å². The number of aliphatic hydroxyl groups is 2. The summed E-state index contributed by atoms with van der Waals surface area (Å²) in [6.45, 7) is -0.406. The number of rotatable bonds is 4. The van der Waals surface area contributed by atoms with Gasteiger partial charge in [-0.05, 0) is 12.1 Å². The van der Waals surface area contributed by atoms with E-state index >= 15 is 0 Å². The van der Waals surface area contributed by atoms with E-state index in [0.717, 1.165) is 10.8 Å². The molecule has 9 nitrogen and oxygen atoms in total. The Hall–Kier alpha value is -2.75. The zero-order valence-electron chi connectivity index (χ0n) is 13.1. The predicted molar refractivity (Wildman–Crippen MR) is 87.3 cm³/mol. The van der Waals surface area contributed by atoms with Crippen LogP contribution in [0.15, 0.2) is 46.1 Å². The highest BCUT2D eigenvalue weighted by molar-refractivity contribution is 6.03. The quantitative estimate of drug-likeness (QED) is 0.585. The van der Waals surface area contributed by atoms with E-state index in [9.17, 15) is 19.5 Å². The number of nitrogens with zero attached hydrogens (tertiary/aromatic N) is 1. The van der Waals surface area contributed by atoms with Crippen molar-refractivity contribution in [2.75, 3.05) is 11.9 Å². The van der Waals surface area contributed by atoms with Gasteiger partial charge in [-0.3, -0.25) is 19.1 Å². The van der Waals surface area contributed by atoms with Gasteiger partial charge in [0.25, 0.3) is 11.5 Å². The molecule has 25 heavy (non-hydrogen) atoms. The van der Waals surface area contributed by atoms with Crippen LogP contribution < -0.4 is 16.6 Å². The van der Waals surface area contributed by atoms with E-state index in [1.54, 1.807) is 30.3 Å². The lowest BCUT2D eigenvalue weighted by Crippen LogP contribution is -2.36. The standard InChI is InChI=1S/C16H17N3O6/c20-8-12-11(21)6-13(25-12)19-7-10(15(23)18-16(19)24)14(22)17-9-4-2-1-3-5-9/h1-5,7,11-13,20-21H,6,8H2,(H,17,22)(H,18,23,24)/t11-,12-,13-/m1/s1. The van der Waals surface area contributed by atoms with Gasteiger partial charge in [0.15, 0.2) is 0 Å². The minimum atomic E-state index is -0.949. The molecule has 1 aromatic carbocycles. The summed E-state index contributed by atoms with van der Waals surface area (Å²) >= 11 is 0. The second-order valence-electron chi connectivity index (χ2n) is 5.64. The Bertz CT molecular complexity index is 875. The van der Waals surface area contributed by atoms with E-state index < -0.39 is 42.2 Å². The molecule has 1 amide bonds. The molecule has 2 aromatic rings. The molecular formula is C16H17N3O6. The van der Waals surface area contributed by atoms with Gasteiger partial charge in [0, 0.05) is 18.3 Å². The molecule has 1 fully saturated rings. The fourth-order valence-electron chi connectivity index (χ4n) is 2.63. The fraction of sp³-hybridized carbons (Fsp3) is 0.312. The lowest BCUT2D eigenvalue weighted by atomic mass is 10.2. The number of H-pyrrole nitrogens is 1. The third-order valence-electron chi connectivity index (χ3n) is 3.94. The lowest BCUT2D eigenvalue weighted by molar-refractivity contribution is -0.0459. The molecule has 3 rings (SSSR count). The summed E-state index contributed by atoms with van der Waals surface area (Å²) < 4.78 is 6.42. The molecule has 0 saturated carbocycles. The Kier molecular flexibility index (Phi) is 4.79. The van der Waals surface area contributed by atoms with Gasteiger partial charge in [0.2, 0.25) is 0 Å². The summed E-state index contributed by atoms with van der Waals surface area (Å²) in [4.78, 5) is 38.4. The molecule has 1 aliphatic rings. The predicted octanol–water partition coefficient (Wildman–Crippen LogP) is -0.570. The number of nitrogens with one attached hydrogen (secondary N) is 2. The summed E-state index contributed by atoms with van der Waals surface area (Å²) in [6.07, 6.45) is -1.52. The highest BCUT2D eigenvalue weighted by atomic mass is 16.5. The molecule has 0 aliphatic carbocycles. The number of hydrogen-bond donors (Lipinski definition) is 4. The van der Waals surface area contributed by atoms with Gasteiger partial charge in [0.05, 0.1) is 12.7 Å². The molecule has 1 aliphatic heterocycles. The molecule has 1 aromatic heterocycles. The number of amides is 1. The first-order chi connectivity index (χ1) is 12.0. The average Bonchev–Trinajstić information content (AvgIpc) is 2.96. The van der Waals surface area contributed by atoms with Crippen molar-refractivity contribution in [2.24, 2.45) is 0 Å². The van der Waals surface area contributed by atoms with Crippen molar-refractivity contribution in [3.63, 3.8) is 0 Å². The number of hydrogen-bond acceptors (Lipinski definition) is 6. The number of para-hydroxylation sites is 1. The Morgan fingerprint density at radius 1 is 1.32 bits per heavy atom. The zero-order chi connectivity index (χ0) is 18.0. The molecule has 0 spiro atoms. The number of ether oxygens (including phenoxy) is 1. The van der Waals surface area contributed by atoms with E-state index in [0.29, 0.717) is 5.69 Å². The van der Waals surface area contributed by atoms with E-state index in [2.05, 4.69) is 10.3 Å². The minimum absolute atomic E-state index is 0.0525. The molecule has 1 saturated heterocycles. The third-order valence-corrected chi connectivity index (χ3v) is 3.94. The van der Waals surface area contributed by atoms with Crippen molar-refractivity contribution in [2.45, 2.75) is 24.9 Å². The average molecular weight is 347 g/mol. The normalized spacial score (nSPS) is 22.7. The monoisotopic (exact) mass is 347 g/mol. The Morgan fingerprint density at radius 3 is 2.68 bits per heavy atom. The molecule has 0 unspecified atom stereocenters. The largest absolute Gasteiger partial charge is 0.394 e. The SMILES string of the molecule is O=C(Nc1ccccc1)c1cn([C@H]2C[C@@H](O)[C@@H](CO)O2)c(=O)[nH]c1=O. The van der Waals surface area contributed by atoms with Crippen LogP contribution in [-0.2, 0) is 4.74 Å². The van der Waals surface area contributed by atoms with E-state index in [1.165, 1.54) is 0 Å². The Morgan fingerprint density at radius 2 is 2.04 bits per heavy atom. The van der Waals surface area contributed by atoms with Crippen molar-refractivity contribution >= 4 is 11.6 Å². The van der Waals surface area contributed by atoms with Crippen LogP contribution in [0.25, 0.3) is 0 Å². The topological polar surface area (TPSA) is 134 Å². The molecule has 0 bridgehead atoms. The van der Waals surface area contributed by atoms with Crippen LogP contribution in [0, 0.1) is 0 Å². The van der Waals surface area contributed by atoms with Gasteiger partial charge < -0.3 is 20.3 Å². The highest BCUT2D eigenvalue weighted by Crippen LogP contribution is 2.27. The van der Waals surface area contributed by atoms with Crippen LogP contribution in [0.5, 0.6) is 0 Å². The Labute approximate surface area is 141 Å². The number of carbonyl (C=O) groups excluding carboxylic acids is 1. The van der Waals surface area contributed by atoms with Crippen LogP contribution in [0.1, 0.15) is 23.0 Å². The maximum absolute atomic E-state index is 12.3. The smallest absolute Gasteiger partial charge is 0.330 e. The number of carbonyl (C=O) groups is 1. The number of benzene rings is 1. The fourth-order valence-corrected chi connectivity index (χ4v) is 2.63. The van der Waals surface area contributed by atoms with Gasteiger partial charge in [-0.1, -0.05) is 18.2 Å². The van der Waals surface area contributed by atoms with Crippen LogP contribution >= 0.6 is 0 Å². The molecule has 0 radical (unpaired) electrons. The molecule has 132 valence electrons. The first kappa shape index (κ1) is 17.1. The first-order valence-electron chi connectivity index (χ1n) is 7.66. The van der Waals surface area contributed by atoms with Gasteiger partial charge in [-0.15, -0.1) is 0 Å². The zero-order valence-corrected chi connectivity index (χ0v) is 13.1.